The van der Waals surface area contributed by atoms with E-state index in [9.17, 15) is 31.1 Å². The molecule has 1 unspecified atom stereocenters. The molecule has 5 nitrogen and oxygen atoms in total. The Bertz CT molecular complexity index is 1060. The number of rotatable bonds is 11. The Balaban J connectivity index is 2.99. The van der Waals surface area contributed by atoms with Crippen LogP contribution in [0.1, 0.15) is 76.8 Å². The van der Waals surface area contributed by atoms with Crippen molar-refractivity contribution in [2.75, 3.05) is 0 Å². The number of alkyl carbamates (subject to hydrolysis) is 1. The molecule has 1 amide bonds. The SMILES string of the molecule is C=CN=C1NC(=O)O[C@@H](C(F)(F)P)/C1=C(/C)c1cc(C(F)(F)CC)cc(C(CCC)(CCC)C(F)F)n1. The van der Waals surface area contributed by atoms with E-state index in [4.69, 9.17) is 4.74 Å². The summed E-state index contributed by atoms with van der Waals surface area (Å²) in [6, 6.07) is 1.98. The van der Waals surface area contributed by atoms with Crippen molar-refractivity contribution in [3.05, 3.63) is 47.4 Å². The van der Waals surface area contributed by atoms with Crippen molar-refractivity contribution >= 4 is 26.7 Å². The Hall–Kier alpha value is -2.42. The van der Waals surface area contributed by atoms with Crippen molar-refractivity contribution in [1.29, 1.82) is 0 Å². The highest BCUT2D eigenvalue weighted by Gasteiger charge is 2.47. The lowest BCUT2D eigenvalue weighted by Crippen LogP contribution is -2.50. The van der Waals surface area contributed by atoms with Crippen LogP contribution in [0, 0.1) is 0 Å². The second-order valence-electron chi connectivity index (χ2n) is 8.92. The lowest BCUT2D eigenvalue weighted by Gasteiger charge is -2.34. The Morgan fingerprint density at radius 2 is 1.81 bits per heavy atom. The molecule has 2 rings (SSSR count). The molecule has 1 aromatic heterocycles. The van der Waals surface area contributed by atoms with Crippen molar-refractivity contribution in [3.63, 3.8) is 0 Å². The normalized spacial score (nSPS) is 19.6. The van der Waals surface area contributed by atoms with Crippen molar-refractivity contribution in [2.45, 2.75) is 89.3 Å². The van der Waals surface area contributed by atoms with Crippen molar-refractivity contribution in [2.24, 2.45) is 4.99 Å². The van der Waals surface area contributed by atoms with Gasteiger partial charge in [-0.1, -0.05) is 49.4 Å². The maximum Gasteiger partial charge on any atom is 0.413 e. The number of allylic oxidation sites excluding steroid dienone is 1. The summed E-state index contributed by atoms with van der Waals surface area (Å²) in [7, 11) is 1.27. The molecule has 1 saturated heterocycles. The van der Waals surface area contributed by atoms with Gasteiger partial charge in [0.05, 0.1) is 16.8 Å². The average Bonchev–Trinajstić information content (AvgIpc) is 2.82. The summed E-state index contributed by atoms with van der Waals surface area (Å²) in [5.74, 6) is -3.74. The van der Waals surface area contributed by atoms with Gasteiger partial charge in [0.1, 0.15) is 5.84 Å². The third-order valence-electron chi connectivity index (χ3n) is 6.33. The van der Waals surface area contributed by atoms with Gasteiger partial charge in [0, 0.05) is 23.8 Å². The molecule has 1 aromatic rings. The van der Waals surface area contributed by atoms with E-state index in [1.807, 2.05) is 0 Å². The van der Waals surface area contributed by atoms with E-state index in [0.717, 1.165) is 18.3 Å². The first-order valence-electron chi connectivity index (χ1n) is 11.9. The number of halogens is 6. The molecule has 1 N–H and O–H groups in total. The number of alkyl halides is 6. The minimum atomic E-state index is -3.68. The molecule has 0 aliphatic carbocycles. The van der Waals surface area contributed by atoms with Gasteiger partial charge < -0.3 is 4.74 Å². The van der Waals surface area contributed by atoms with E-state index < -0.39 is 47.6 Å². The largest absolute Gasteiger partial charge is 0.434 e. The van der Waals surface area contributed by atoms with E-state index in [2.05, 4.69) is 21.9 Å². The van der Waals surface area contributed by atoms with E-state index in [0.29, 0.717) is 12.8 Å². The van der Waals surface area contributed by atoms with Crippen molar-refractivity contribution < 1.29 is 35.9 Å². The quantitative estimate of drug-likeness (QED) is 0.228. The zero-order valence-corrected chi connectivity index (χ0v) is 22.3. The number of nitrogens with zero attached hydrogens (tertiary/aromatic N) is 2. The number of pyridine rings is 1. The van der Waals surface area contributed by atoms with Gasteiger partial charge in [-0.25, -0.2) is 27.3 Å². The van der Waals surface area contributed by atoms with Gasteiger partial charge in [-0.15, -0.1) is 0 Å². The van der Waals surface area contributed by atoms with Crippen LogP contribution in [-0.4, -0.2) is 35.1 Å². The van der Waals surface area contributed by atoms with Crippen LogP contribution in [0.3, 0.4) is 0 Å². The molecule has 2 heterocycles. The van der Waals surface area contributed by atoms with Crippen LogP contribution in [-0.2, 0) is 16.1 Å². The molecule has 12 heteroatoms. The summed E-state index contributed by atoms with van der Waals surface area (Å²) in [5.41, 5.74) is -6.98. The summed E-state index contributed by atoms with van der Waals surface area (Å²) in [6.07, 6.45) is -5.26. The molecule has 37 heavy (non-hydrogen) atoms. The van der Waals surface area contributed by atoms with Crippen LogP contribution in [0.4, 0.5) is 31.1 Å². The lowest BCUT2D eigenvalue weighted by atomic mass is 9.75. The number of nitrogens with one attached hydrogen (secondary N) is 1. The monoisotopic (exact) mass is 551 g/mol. The first kappa shape index (κ1) is 30.8. The number of amides is 1. The zero-order valence-electron chi connectivity index (χ0n) is 21.2. The highest BCUT2D eigenvalue weighted by atomic mass is 31.0. The summed E-state index contributed by atoms with van der Waals surface area (Å²) in [5, 5.41) is 2.20. The first-order chi connectivity index (χ1) is 17.2. The van der Waals surface area contributed by atoms with Crippen LogP contribution in [0.2, 0.25) is 0 Å². The average molecular weight is 552 g/mol. The second-order valence-corrected chi connectivity index (χ2v) is 9.69. The maximum absolute atomic E-state index is 15.0. The summed E-state index contributed by atoms with van der Waals surface area (Å²) < 4.78 is 93.0. The second kappa shape index (κ2) is 12.0. The Morgan fingerprint density at radius 3 is 2.27 bits per heavy atom. The highest BCUT2D eigenvalue weighted by Crippen LogP contribution is 2.44. The number of aliphatic imine (C=N–C) groups is 1. The molecule has 2 atom stereocenters. The van der Waals surface area contributed by atoms with E-state index in [1.54, 1.807) is 13.8 Å². The lowest BCUT2D eigenvalue weighted by molar-refractivity contribution is -0.0245. The smallest absolute Gasteiger partial charge is 0.413 e. The fraction of sp³-hybridized carbons (Fsp3) is 0.560. The van der Waals surface area contributed by atoms with Crippen LogP contribution in [0.5, 0.6) is 0 Å². The van der Waals surface area contributed by atoms with Gasteiger partial charge in [-0.3, -0.25) is 10.3 Å². The molecule has 0 bridgehead atoms. The molecule has 1 aliphatic rings. The molecule has 0 saturated carbocycles. The van der Waals surface area contributed by atoms with Gasteiger partial charge in [-0.05, 0) is 37.5 Å². The number of hydrogen-bond donors (Lipinski definition) is 1. The maximum atomic E-state index is 15.0. The Labute approximate surface area is 215 Å². The number of aromatic nitrogens is 1. The predicted molar refractivity (Wildman–Crippen MR) is 134 cm³/mol. The fourth-order valence-electron chi connectivity index (χ4n) is 4.46. The first-order valence-corrected chi connectivity index (χ1v) is 12.5. The minimum absolute atomic E-state index is 0.0175. The molecular weight excluding hydrogens is 519 g/mol. The van der Waals surface area contributed by atoms with E-state index in [-0.39, 0.29) is 41.2 Å². The van der Waals surface area contributed by atoms with Crippen LogP contribution >= 0.6 is 9.24 Å². The van der Waals surface area contributed by atoms with Gasteiger partial charge in [-0.2, -0.15) is 8.78 Å². The molecule has 1 fully saturated rings. The number of carbonyl (C=O) groups is 1. The molecule has 0 aromatic carbocycles. The topological polar surface area (TPSA) is 63.6 Å². The van der Waals surface area contributed by atoms with E-state index in [1.165, 1.54) is 23.1 Å². The van der Waals surface area contributed by atoms with Crippen molar-refractivity contribution in [3.8, 4) is 0 Å². The van der Waals surface area contributed by atoms with Crippen LogP contribution < -0.4 is 5.32 Å². The molecule has 0 spiro atoms. The number of hydrogen-bond acceptors (Lipinski definition) is 4. The third kappa shape index (κ3) is 6.54. The van der Waals surface area contributed by atoms with Crippen LogP contribution in [0.25, 0.3) is 5.57 Å². The number of carbonyl (C=O) groups excluding carboxylic acids is 1. The molecular formula is C25H32F6N3O2P. The van der Waals surface area contributed by atoms with Gasteiger partial charge >= 0.3 is 6.09 Å². The fourth-order valence-corrected chi connectivity index (χ4v) is 4.69. The third-order valence-corrected chi connectivity index (χ3v) is 6.64. The van der Waals surface area contributed by atoms with Gasteiger partial charge in [0.2, 0.25) is 6.43 Å². The Kier molecular flexibility index (Phi) is 9.96. The number of cyclic esters (lactones) is 1. The zero-order chi connectivity index (χ0) is 28.2. The molecule has 206 valence electrons. The minimum Gasteiger partial charge on any atom is -0.434 e. The number of amidine groups is 1. The van der Waals surface area contributed by atoms with E-state index >= 15 is 0 Å². The highest BCUT2D eigenvalue weighted by molar-refractivity contribution is 7.18. The summed E-state index contributed by atoms with van der Waals surface area (Å²) >= 11 is 0. The standard InChI is InChI=1S/C25H32F6N3O2P/c1-6-10-23(11-7-2,21(26)27)17-13-15(24(28,29)8-3)12-16(33-17)14(5)18-19(25(30,31)37)36-22(35)34-20(18)32-9-4/h9,12-13,19,21H,4,6-8,10-11,37H2,1-3,5H3,(H,32,34,35)/b18-14+/t19-/m1/s1. The predicted octanol–water partition coefficient (Wildman–Crippen LogP) is 7.58. The summed E-state index contributed by atoms with van der Waals surface area (Å²) in [6.45, 7) is 9.37. The van der Waals surface area contributed by atoms with Gasteiger partial charge in [0.25, 0.3) is 11.6 Å². The summed E-state index contributed by atoms with van der Waals surface area (Å²) in [4.78, 5) is 20.1. The van der Waals surface area contributed by atoms with Gasteiger partial charge in [0.15, 0.2) is 6.10 Å². The van der Waals surface area contributed by atoms with Crippen molar-refractivity contribution in [1.82, 2.24) is 10.3 Å². The van der Waals surface area contributed by atoms with Crippen LogP contribution in [0.15, 0.2) is 35.5 Å². The Morgan fingerprint density at radius 1 is 1.22 bits per heavy atom. The molecule has 1 aliphatic heterocycles. The number of ether oxygens (including phenoxy) is 1. The molecule has 0 radical (unpaired) electrons.